The Balaban J connectivity index is 2.50. The minimum absolute atomic E-state index is 0.00662. The number of aliphatic carboxylic acids is 1. The van der Waals surface area contributed by atoms with E-state index in [1.807, 2.05) is 18.4 Å². The van der Waals surface area contributed by atoms with Crippen molar-refractivity contribution in [3.8, 4) is 0 Å². The highest BCUT2D eigenvalue weighted by atomic mass is 32.1. The summed E-state index contributed by atoms with van der Waals surface area (Å²) in [4.78, 5) is 21.9. The molecule has 0 spiro atoms. The fourth-order valence-corrected chi connectivity index (χ4v) is 1.88. The van der Waals surface area contributed by atoms with Crippen LogP contribution in [0.4, 0.5) is 5.00 Å². The van der Waals surface area contributed by atoms with Gasteiger partial charge in [0.05, 0.1) is 10.9 Å². The molecule has 82 valence electrons. The van der Waals surface area contributed by atoms with Crippen LogP contribution in [0, 0.1) is 12.8 Å². The summed E-state index contributed by atoms with van der Waals surface area (Å²) >= 11 is 1.43. The van der Waals surface area contributed by atoms with E-state index >= 15 is 0 Å². The van der Waals surface area contributed by atoms with Gasteiger partial charge in [0.1, 0.15) is 0 Å². The van der Waals surface area contributed by atoms with Gasteiger partial charge in [0.25, 0.3) is 0 Å². The molecule has 1 rings (SSSR count). The lowest BCUT2D eigenvalue weighted by Gasteiger charge is -2.06. The minimum atomic E-state index is -0.951. The molecule has 0 saturated heterocycles. The van der Waals surface area contributed by atoms with Crippen molar-refractivity contribution >= 4 is 28.2 Å². The third kappa shape index (κ3) is 3.36. The van der Waals surface area contributed by atoms with Crippen molar-refractivity contribution in [2.24, 2.45) is 5.92 Å². The maximum Gasteiger partial charge on any atom is 0.306 e. The van der Waals surface area contributed by atoms with Crippen molar-refractivity contribution in [2.75, 3.05) is 5.32 Å². The largest absolute Gasteiger partial charge is 0.481 e. The molecular weight excluding hydrogens is 214 g/mol. The van der Waals surface area contributed by atoms with Crippen LogP contribution in [0.2, 0.25) is 0 Å². The summed E-state index contributed by atoms with van der Waals surface area (Å²) in [5.74, 6) is -1.85. The third-order valence-electron chi connectivity index (χ3n) is 2.03. The standard InChI is InChI=1S/C10H13NO3S/c1-6-3-4-15-9(6)11-8(12)5-7(2)10(13)14/h3-4,7H,5H2,1-2H3,(H,11,12)(H,13,14). The molecular formula is C10H13NO3S. The number of anilines is 1. The number of carboxylic acids is 1. The van der Waals surface area contributed by atoms with Gasteiger partial charge in [-0.2, -0.15) is 0 Å². The predicted octanol–water partition coefficient (Wildman–Crippen LogP) is 2.11. The van der Waals surface area contributed by atoms with Crippen LogP contribution in [0.25, 0.3) is 0 Å². The van der Waals surface area contributed by atoms with Gasteiger partial charge in [-0.25, -0.2) is 0 Å². The van der Waals surface area contributed by atoms with Crippen molar-refractivity contribution < 1.29 is 14.7 Å². The number of carboxylic acid groups (broad SMARTS) is 1. The molecule has 1 heterocycles. The third-order valence-corrected chi connectivity index (χ3v) is 2.96. The highest BCUT2D eigenvalue weighted by Crippen LogP contribution is 2.22. The smallest absolute Gasteiger partial charge is 0.306 e. The van der Waals surface area contributed by atoms with Crippen LogP contribution in [0.15, 0.2) is 11.4 Å². The molecule has 0 aliphatic rings. The highest BCUT2D eigenvalue weighted by Gasteiger charge is 2.16. The number of nitrogens with one attached hydrogen (secondary N) is 1. The molecule has 0 radical (unpaired) electrons. The average Bonchev–Trinajstić information content (AvgIpc) is 2.51. The van der Waals surface area contributed by atoms with E-state index in [-0.39, 0.29) is 12.3 Å². The van der Waals surface area contributed by atoms with Gasteiger partial charge in [0.15, 0.2) is 0 Å². The number of aryl methyl sites for hydroxylation is 1. The number of rotatable bonds is 4. The van der Waals surface area contributed by atoms with Crippen LogP contribution >= 0.6 is 11.3 Å². The van der Waals surface area contributed by atoms with E-state index in [4.69, 9.17) is 5.11 Å². The maximum absolute atomic E-state index is 11.4. The second-order valence-corrected chi connectivity index (χ2v) is 4.34. The van der Waals surface area contributed by atoms with Gasteiger partial charge in [0.2, 0.25) is 5.91 Å². The first-order valence-corrected chi connectivity index (χ1v) is 5.45. The van der Waals surface area contributed by atoms with Crippen molar-refractivity contribution in [1.82, 2.24) is 0 Å². The van der Waals surface area contributed by atoms with Crippen LogP contribution in [0.3, 0.4) is 0 Å². The first-order valence-electron chi connectivity index (χ1n) is 4.57. The van der Waals surface area contributed by atoms with Crippen molar-refractivity contribution in [2.45, 2.75) is 20.3 Å². The van der Waals surface area contributed by atoms with Crippen LogP contribution in [0.5, 0.6) is 0 Å². The van der Waals surface area contributed by atoms with E-state index in [9.17, 15) is 9.59 Å². The molecule has 1 unspecified atom stereocenters. The topological polar surface area (TPSA) is 66.4 Å². The quantitative estimate of drug-likeness (QED) is 0.827. The summed E-state index contributed by atoms with van der Waals surface area (Å²) < 4.78 is 0. The maximum atomic E-state index is 11.4. The SMILES string of the molecule is Cc1ccsc1NC(=O)CC(C)C(=O)O. The van der Waals surface area contributed by atoms with E-state index in [2.05, 4.69) is 5.32 Å². The Kier molecular flexibility index (Phi) is 3.85. The molecule has 1 aromatic rings. The molecule has 15 heavy (non-hydrogen) atoms. The number of carbonyl (C=O) groups excluding carboxylic acids is 1. The molecule has 0 aliphatic carbocycles. The van der Waals surface area contributed by atoms with Gasteiger partial charge >= 0.3 is 5.97 Å². The van der Waals surface area contributed by atoms with Crippen LogP contribution in [-0.2, 0) is 9.59 Å². The lowest BCUT2D eigenvalue weighted by atomic mass is 10.1. The van der Waals surface area contributed by atoms with E-state index < -0.39 is 11.9 Å². The van der Waals surface area contributed by atoms with Gasteiger partial charge in [-0.15, -0.1) is 11.3 Å². The average molecular weight is 227 g/mol. The monoisotopic (exact) mass is 227 g/mol. The molecule has 0 saturated carbocycles. The molecule has 1 amide bonds. The molecule has 0 fully saturated rings. The zero-order chi connectivity index (χ0) is 11.4. The minimum Gasteiger partial charge on any atom is -0.481 e. The Hall–Kier alpha value is -1.36. The lowest BCUT2D eigenvalue weighted by Crippen LogP contribution is -2.19. The molecule has 5 heteroatoms. The lowest BCUT2D eigenvalue weighted by molar-refractivity contribution is -0.142. The molecule has 2 N–H and O–H groups in total. The summed E-state index contributed by atoms with van der Waals surface area (Å²) in [5.41, 5.74) is 0.997. The number of hydrogen-bond acceptors (Lipinski definition) is 3. The van der Waals surface area contributed by atoms with Crippen molar-refractivity contribution in [3.63, 3.8) is 0 Å². The van der Waals surface area contributed by atoms with Gasteiger partial charge < -0.3 is 10.4 Å². The fourth-order valence-electron chi connectivity index (χ4n) is 1.04. The van der Waals surface area contributed by atoms with E-state index in [1.54, 1.807) is 0 Å². The first-order chi connectivity index (χ1) is 7.00. The van der Waals surface area contributed by atoms with Crippen LogP contribution in [-0.4, -0.2) is 17.0 Å². The van der Waals surface area contributed by atoms with E-state index in [0.29, 0.717) is 0 Å². The molecule has 1 aromatic heterocycles. The Labute approximate surface area is 91.9 Å². The second kappa shape index (κ2) is 4.93. The van der Waals surface area contributed by atoms with Gasteiger partial charge in [-0.1, -0.05) is 6.92 Å². The second-order valence-electron chi connectivity index (χ2n) is 3.42. The normalized spacial score (nSPS) is 12.1. The Bertz CT molecular complexity index is 372. The van der Waals surface area contributed by atoms with E-state index in [1.165, 1.54) is 18.3 Å². The van der Waals surface area contributed by atoms with Crippen molar-refractivity contribution in [1.29, 1.82) is 0 Å². The fraction of sp³-hybridized carbons (Fsp3) is 0.400. The zero-order valence-corrected chi connectivity index (χ0v) is 9.43. The molecule has 1 atom stereocenters. The number of carbonyl (C=O) groups is 2. The Morgan fingerprint density at radius 1 is 1.60 bits per heavy atom. The molecule has 4 nitrogen and oxygen atoms in total. The van der Waals surface area contributed by atoms with Crippen molar-refractivity contribution in [3.05, 3.63) is 17.0 Å². The Morgan fingerprint density at radius 3 is 2.73 bits per heavy atom. The van der Waals surface area contributed by atoms with E-state index in [0.717, 1.165) is 10.6 Å². The van der Waals surface area contributed by atoms with Gasteiger partial charge in [-0.3, -0.25) is 9.59 Å². The number of hydrogen-bond donors (Lipinski definition) is 2. The number of amides is 1. The van der Waals surface area contributed by atoms with Crippen LogP contribution < -0.4 is 5.32 Å². The predicted molar refractivity (Wildman–Crippen MR) is 59.1 cm³/mol. The summed E-state index contributed by atoms with van der Waals surface area (Å²) in [6.45, 7) is 3.41. The number of thiophene rings is 1. The molecule has 0 bridgehead atoms. The molecule has 0 aliphatic heterocycles. The first kappa shape index (κ1) is 11.7. The molecule has 0 aromatic carbocycles. The Morgan fingerprint density at radius 2 is 2.27 bits per heavy atom. The van der Waals surface area contributed by atoms with Crippen LogP contribution in [0.1, 0.15) is 18.9 Å². The zero-order valence-electron chi connectivity index (χ0n) is 8.61. The summed E-state index contributed by atoms with van der Waals surface area (Å²) in [6.07, 6.45) is 0.00662. The summed E-state index contributed by atoms with van der Waals surface area (Å²) in [5, 5.41) is 14.0. The summed E-state index contributed by atoms with van der Waals surface area (Å²) in [7, 11) is 0. The highest BCUT2D eigenvalue weighted by molar-refractivity contribution is 7.14. The van der Waals surface area contributed by atoms with Gasteiger partial charge in [0, 0.05) is 6.42 Å². The van der Waals surface area contributed by atoms with Gasteiger partial charge in [-0.05, 0) is 23.9 Å². The summed E-state index contributed by atoms with van der Waals surface area (Å²) in [6, 6.07) is 1.90.